The van der Waals surface area contributed by atoms with Crippen LogP contribution in [-0.2, 0) is 0 Å². The van der Waals surface area contributed by atoms with Crippen molar-refractivity contribution in [3.63, 3.8) is 0 Å². The Labute approximate surface area is 50.6 Å². The minimum atomic E-state index is -1.51. The first kappa shape index (κ1) is 7.62. The van der Waals surface area contributed by atoms with Gasteiger partial charge in [0, 0.05) is 4.92 Å². The first-order valence-corrected chi connectivity index (χ1v) is 2.52. The van der Waals surface area contributed by atoms with Crippen LogP contribution in [0, 0.1) is 10.1 Å². The van der Waals surface area contributed by atoms with Gasteiger partial charge in [-0.3, -0.25) is 10.1 Å². The second-order valence-corrected chi connectivity index (χ2v) is 1.58. The molecule has 0 fully saturated rings. The van der Waals surface area contributed by atoms with Crippen LogP contribution in [-0.4, -0.2) is 23.5 Å². The van der Waals surface area contributed by atoms with Gasteiger partial charge in [0.15, 0.2) is 6.17 Å². The van der Waals surface area contributed by atoms with Crippen molar-refractivity contribution in [2.75, 3.05) is 12.4 Å². The van der Waals surface area contributed by atoms with Crippen molar-refractivity contribution in [1.82, 2.24) is 0 Å². The van der Waals surface area contributed by atoms with E-state index in [1.165, 1.54) is 0 Å². The SMILES string of the molecule is O=[N+]([O-])CC(F)CCl. The highest BCUT2D eigenvalue weighted by molar-refractivity contribution is 6.18. The molecule has 0 aromatic carbocycles. The van der Waals surface area contributed by atoms with E-state index in [0.717, 1.165) is 0 Å². The van der Waals surface area contributed by atoms with Crippen molar-refractivity contribution in [2.45, 2.75) is 6.17 Å². The Morgan fingerprint density at radius 2 is 2.38 bits per heavy atom. The normalized spacial score (nSPS) is 13.2. The molecule has 0 amide bonds. The third-order valence-electron chi connectivity index (χ3n) is 0.515. The molecule has 0 aromatic rings. The summed E-state index contributed by atoms with van der Waals surface area (Å²) in [6.07, 6.45) is -1.51. The zero-order chi connectivity index (χ0) is 6.57. The maximum Gasteiger partial charge on any atom is 0.235 e. The van der Waals surface area contributed by atoms with Crippen LogP contribution in [0.15, 0.2) is 0 Å². The quantitative estimate of drug-likeness (QED) is 0.332. The Kier molecular flexibility index (Phi) is 3.43. The largest absolute Gasteiger partial charge is 0.264 e. The number of rotatable bonds is 3. The molecule has 1 atom stereocenters. The van der Waals surface area contributed by atoms with Crippen LogP contribution in [0.2, 0.25) is 0 Å². The third kappa shape index (κ3) is 3.80. The van der Waals surface area contributed by atoms with Gasteiger partial charge in [0.2, 0.25) is 6.54 Å². The van der Waals surface area contributed by atoms with Gasteiger partial charge in [-0.25, -0.2) is 4.39 Å². The van der Waals surface area contributed by atoms with Crippen LogP contribution >= 0.6 is 11.6 Å². The van der Waals surface area contributed by atoms with Gasteiger partial charge in [-0.15, -0.1) is 11.6 Å². The molecule has 0 aliphatic heterocycles. The molecule has 0 aromatic heterocycles. The average Bonchev–Trinajstić information content (AvgIpc) is 1.65. The Morgan fingerprint density at radius 1 is 1.88 bits per heavy atom. The van der Waals surface area contributed by atoms with E-state index in [4.69, 9.17) is 11.6 Å². The lowest BCUT2D eigenvalue weighted by Gasteiger charge is -1.93. The molecule has 0 bridgehead atoms. The molecule has 0 N–H and O–H groups in total. The molecule has 0 heterocycles. The molecule has 0 rings (SSSR count). The molecule has 1 unspecified atom stereocenters. The minimum Gasteiger partial charge on any atom is -0.264 e. The standard InChI is InChI=1S/C3H5ClFNO2/c4-1-3(5)2-6(7)8/h3H,1-2H2. The maximum absolute atomic E-state index is 11.8. The molecule has 48 valence electrons. The number of nitro groups is 1. The predicted molar refractivity (Wildman–Crippen MR) is 27.5 cm³/mol. The number of hydrogen-bond acceptors (Lipinski definition) is 2. The van der Waals surface area contributed by atoms with E-state index >= 15 is 0 Å². The van der Waals surface area contributed by atoms with Gasteiger partial charge in [-0.1, -0.05) is 0 Å². The second kappa shape index (κ2) is 3.60. The van der Waals surface area contributed by atoms with E-state index in [1.807, 2.05) is 0 Å². The topological polar surface area (TPSA) is 43.1 Å². The summed E-state index contributed by atoms with van der Waals surface area (Å²) in [7, 11) is 0. The summed E-state index contributed by atoms with van der Waals surface area (Å²) in [5, 5.41) is 9.48. The van der Waals surface area contributed by atoms with E-state index in [0.29, 0.717) is 0 Å². The van der Waals surface area contributed by atoms with Gasteiger partial charge in [-0.2, -0.15) is 0 Å². The van der Waals surface area contributed by atoms with Crippen molar-refractivity contribution in [3.05, 3.63) is 10.1 Å². The third-order valence-corrected chi connectivity index (χ3v) is 0.849. The van der Waals surface area contributed by atoms with Gasteiger partial charge in [-0.05, 0) is 0 Å². The van der Waals surface area contributed by atoms with Gasteiger partial charge in [0.25, 0.3) is 0 Å². The molecule has 8 heavy (non-hydrogen) atoms. The van der Waals surface area contributed by atoms with Gasteiger partial charge < -0.3 is 0 Å². The first-order chi connectivity index (χ1) is 3.66. The summed E-state index contributed by atoms with van der Waals surface area (Å²) in [5.41, 5.74) is 0. The fourth-order valence-corrected chi connectivity index (χ4v) is 0.308. The van der Waals surface area contributed by atoms with Crippen LogP contribution in [0.25, 0.3) is 0 Å². The predicted octanol–water partition coefficient (Wildman–Crippen LogP) is 0.840. The molecule has 0 saturated carbocycles. The lowest BCUT2D eigenvalue weighted by atomic mass is 10.4. The average molecular weight is 142 g/mol. The fraction of sp³-hybridized carbons (Fsp3) is 1.00. The molecular formula is C3H5ClFNO2. The van der Waals surface area contributed by atoms with Crippen LogP contribution in [0.3, 0.4) is 0 Å². The highest BCUT2D eigenvalue weighted by atomic mass is 35.5. The molecule has 0 radical (unpaired) electrons. The van der Waals surface area contributed by atoms with Crippen molar-refractivity contribution in [1.29, 1.82) is 0 Å². The van der Waals surface area contributed by atoms with Crippen LogP contribution in [0.1, 0.15) is 0 Å². The number of halogens is 2. The summed E-state index contributed by atoms with van der Waals surface area (Å²) >= 11 is 4.92. The van der Waals surface area contributed by atoms with Crippen LogP contribution in [0.4, 0.5) is 4.39 Å². The van der Waals surface area contributed by atoms with Crippen LogP contribution < -0.4 is 0 Å². The molecule has 0 spiro atoms. The maximum atomic E-state index is 11.8. The van der Waals surface area contributed by atoms with Crippen molar-refractivity contribution in [2.24, 2.45) is 0 Å². The zero-order valence-electron chi connectivity index (χ0n) is 4.01. The fourth-order valence-electron chi connectivity index (χ4n) is 0.211. The van der Waals surface area contributed by atoms with Crippen molar-refractivity contribution in [3.8, 4) is 0 Å². The summed E-state index contributed by atoms with van der Waals surface area (Å²) < 4.78 is 11.8. The van der Waals surface area contributed by atoms with Gasteiger partial charge in [0.1, 0.15) is 0 Å². The highest BCUT2D eigenvalue weighted by Crippen LogP contribution is 1.92. The number of nitrogens with zero attached hydrogens (tertiary/aromatic N) is 1. The zero-order valence-corrected chi connectivity index (χ0v) is 4.77. The number of hydrogen-bond donors (Lipinski definition) is 0. The van der Waals surface area contributed by atoms with E-state index in [9.17, 15) is 14.5 Å². The van der Waals surface area contributed by atoms with Gasteiger partial charge >= 0.3 is 0 Å². The second-order valence-electron chi connectivity index (χ2n) is 1.27. The summed E-state index contributed by atoms with van der Waals surface area (Å²) in [5.74, 6) is -0.305. The Balaban J connectivity index is 3.24. The van der Waals surface area contributed by atoms with Crippen molar-refractivity contribution < 1.29 is 9.31 Å². The highest BCUT2D eigenvalue weighted by Gasteiger charge is 2.10. The van der Waals surface area contributed by atoms with Crippen molar-refractivity contribution >= 4 is 11.6 Å². The molecule has 5 heteroatoms. The Bertz CT molecular complexity index is 89.4. The summed E-state index contributed by atoms with van der Waals surface area (Å²) in [4.78, 5) is 8.75. The molecule has 0 aliphatic carbocycles. The summed E-state index contributed by atoms with van der Waals surface area (Å²) in [6, 6.07) is 0. The van der Waals surface area contributed by atoms with Gasteiger partial charge in [0.05, 0.1) is 5.88 Å². The lowest BCUT2D eigenvalue weighted by molar-refractivity contribution is -0.486. The minimum absolute atomic E-state index is 0.305. The number of alkyl halides is 2. The lowest BCUT2D eigenvalue weighted by Crippen LogP contribution is -2.15. The molecule has 0 aliphatic rings. The molecule has 0 saturated heterocycles. The molecule has 3 nitrogen and oxygen atoms in total. The first-order valence-electron chi connectivity index (χ1n) is 1.98. The summed E-state index contributed by atoms with van der Waals surface area (Å²) in [6.45, 7) is -0.691. The van der Waals surface area contributed by atoms with E-state index in [1.54, 1.807) is 0 Å². The van der Waals surface area contributed by atoms with Crippen LogP contribution in [0.5, 0.6) is 0 Å². The van der Waals surface area contributed by atoms with E-state index in [-0.39, 0.29) is 5.88 Å². The van der Waals surface area contributed by atoms with E-state index < -0.39 is 17.6 Å². The Morgan fingerprint density at radius 3 is 2.50 bits per heavy atom. The monoisotopic (exact) mass is 141 g/mol. The Hall–Kier alpha value is -0.380. The van der Waals surface area contributed by atoms with E-state index in [2.05, 4.69) is 0 Å². The smallest absolute Gasteiger partial charge is 0.235 e. The molecular weight excluding hydrogens is 136 g/mol.